The van der Waals surface area contributed by atoms with Crippen LogP contribution in [0.3, 0.4) is 0 Å². The second-order valence-electron chi connectivity index (χ2n) is 7.27. The van der Waals surface area contributed by atoms with Gasteiger partial charge >= 0.3 is 23.9 Å². The zero-order chi connectivity index (χ0) is 26.5. The van der Waals surface area contributed by atoms with E-state index in [1.165, 1.54) is 28.1 Å². The van der Waals surface area contributed by atoms with Crippen LogP contribution in [0.25, 0.3) is 0 Å². The van der Waals surface area contributed by atoms with Crippen LogP contribution < -0.4 is 0 Å². The maximum absolute atomic E-state index is 13.0. The quantitative estimate of drug-likeness (QED) is 0.298. The Morgan fingerprint density at radius 3 is 1.19 bits per heavy atom. The van der Waals surface area contributed by atoms with Gasteiger partial charge in [-0.15, -0.1) is 0 Å². The highest BCUT2D eigenvalue weighted by atomic mass is 16.7. The molecule has 0 radical (unpaired) electrons. The van der Waals surface area contributed by atoms with E-state index < -0.39 is 48.3 Å². The predicted molar refractivity (Wildman–Crippen MR) is 125 cm³/mol. The van der Waals surface area contributed by atoms with Gasteiger partial charge in [0.25, 0.3) is 0 Å². The van der Waals surface area contributed by atoms with Crippen molar-refractivity contribution in [2.24, 2.45) is 0 Å². The minimum absolute atomic E-state index is 0.0898. The van der Waals surface area contributed by atoms with Crippen molar-refractivity contribution < 1.29 is 47.6 Å². The SMILES string of the molecule is CCOC(=O)[C@H](OC(=O)[C@@H](OC)c1ccccc1)[C@@H](OC(=O)[C@@H](OC)c1ccccc1)C(=O)OCC. The molecule has 10 nitrogen and oxygen atoms in total. The van der Waals surface area contributed by atoms with Crippen molar-refractivity contribution in [3.63, 3.8) is 0 Å². The lowest BCUT2D eigenvalue weighted by Crippen LogP contribution is -2.48. The van der Waals surface area contributed by atoms with Crippen LogP contribution in [0.5, 0.6) is 0 Å². The molecule has 0 fully saturated rings. The number of carbonyl (C=O) groups is 4. The molecule has 0 aliphatic carbocycles. The Labute approximate surface area is 209 Å². The summed E-state index contributed by atoms with van der Waals surface area (Å²) in [5, 5.41) is 0. The first kappa shape index (κ1) is 28.5. The van der Waals surface area contributed by atoms with Gasteiger partial charge in [0.05, 0.1) is 13.2 Å². The number of hydrogen-bond acceptors (Lipinski definition) is 10. The summed E-state index contributed by atoms with van der Waals surface area (Å²) in [6.07, 6.45) is -6.37. The minimum atomic E-state index is -1.96. The maximum Gasteiger partial charge on any atom is 0.352 e. The second kappa shape index (κ2) is 14.6. The van der Waals surface area contributed by atoms with E-state index in [4.69, 9.17) is 28.4 Å². The Bertz CT molecular complexity index is 911. The molecule has 0 aromatic heterocycles. The fraction of sp³-hybridized carbons (Fsp3) is 0.385. The highest BCUT2D eigenvalue weighted by molar-refractivity contribution is 5.90. The van der Waals surface area contributed by atoms with Gasteiger partial charge in [0, 0.05) is 14.2 Å². The summed E-state index contributed by atoms with van der Waals surface area (Å²) in [5.41, 5.74) is 0.890. The summed E-state index contributed by atoms with van der Waals surface area (Å²) < 4.78 is 31.2. The molecule has 2 aromatic carbocycles. The van der Waals surface area contributed by atoms with Gasteiger partial charge < -0.3 is 28.4 Å². The van der Waals surface area contributed by atoms with Gasteiger partial charge in [-0.1, -0.05) is 60.7 Å². The summed E-state index contributed by atoms with van der Waals surface area (Å²) >= 11 is 0. The van der Waals surface area contributed by atoms with Crippen molar-refractivity contribution in [1.29, 1.82) is 0 Å². The second-order valence-corrected chi connectivity index (χ2v) is 7.27. The van der Waals surface area contributed by atoms with Crippen LogP contribution in [0, 0.1) is 0 Å². The van der Waals surface area contributed by atoms with Gasteiger partial charge in [-0.3, -0.25) is 0 Å². The summed E-state index contributed by atoms with van der Waals surface area (Å²) in [6.45, 7) is 2.88. The Morgan fingerprint density at radius 2 is 0.917 bits per heavy atom. The van der Waals surface area contributed by atoms with E-state index in [0.29, 0.717) is 11.1 Å². The van der Waals surface area contributed by atoms with Crippen molar-refractivity contribution in [3.8, 4) is 0 Å². The summed E-state index contributed by atoms with van der Waals surface area (Å²) in [6, 6.07) is 16.8. The van der Waals surface area contributed by atoms with Crippen molar-refractivity contribution in [1.82, 2.24) is 0 Å². The molecule has 194 valence electrons. The molecule has 36 heavy (non-hydrogen) atoms. The molecule has 0 aliphatic heterocycles. The summed E-state index contributed by atoms with van der Waals surface area (Å²) in [5.74, 6) is -4.21. The first-order valence-electron chi connectivity index (χ1n) is 11.3. The van der Waals surface area contributed by atoms with Crippen LogP contribution in [-0.2, 0) is 47.6 Å². The molecule has 0 spiro atoms. The Balaban J connectivity index is 2.38. The zero-order valence-corrected chi connectivity index (χ0v) is 20.6. The van der Waals surface area contributed by atoms with E-state index in [1.54, 1.807) is 60.7 Å². The minimum Gasteiger partial charge on any atom is -0.463 e. The predicted octanol–water partition coefficient (Wildman–Crippen LogP) is 2.71. The van der Waals surface area contributed by atoms with E-state index in [0.717, 1.165) is 0 Å². The molecule has 4 atom stereocenters. The van der Waals surface area contributed by atoms with Gasteiger partial charge in [-0.05, 0) is 25.0 Å². The molecular formula is C26H30O10. The third-order valence-corrected chi connectivity index (χ3v) is 4.90. The zero-order valence-electron chi connectivity index (χ0n) is 20.6. The molecule has 0 saturated carbocycles. The molecule has 0 amide bonds. The molecule has 0 saturated heterocycles. The Morgan fingerprint density at radius 1 is 0.583 bits per heavy atom. The smallest absolute Gasteiger partial charge is 0.352 e. The number of esters is 4. The first-order chi connectivity index (χ1) is 17.4. The molecule has 0 bridgehead atoms. The van der Waals surface area contributed by atoms with E-state index in [1.807, 2.05) is 0 Å². The van der Waals surface area contributed by atoms with Crippen molar-refractivity contribution in [2.45, 2.75) is 38.3 Å². The van der Waals surface area contributed by atoms with Crippen LogP contribution >= 0.6 is 0 Å². The first-order valence-corrected chi connectivity index (χ1v) is 11.3. The maximum atomic E-state index is 13.0. The van der Waals surface area contributed by atoms with Gasteiger partial charge in [0.1, 0.15) is 0 Å². The molecule has 0 N–H and O–H groups in total. The number of carbonyl (C=O) groups excluding carboxylic acids is 4. The lowest BCUT2D eigenvalue weighted by molar-refractivity contribution is -0.198. The van der Waals surface area contributed by atoms with Gasteiger partial charge in [-0.25, -0.2) is 19.2 Å². The normalized spacial score (nSPS) is 14.0. The molecule has 10 heteroatoms. The van der Waals surface area contributed by atoms with Crippen molar-refractivity contribution in [2.75, 3.05) is 27.4 Å². The fourth-order valence-electron chi connectivity index (χ4n) is 3.28. The van der Waals surface area contributed by atoms with Gasteiger partial charge in [-0.2, -0.15) is 0 Å². The Hall–Kier alpha value is -3.76. The van der Waals surface area contributed by atoms with E-state index in [2.05, 4.69) is 0 Å². The van der Waals surface area contributed by atoms with Crippen molar-refractivity contribution >= 4 is 23.9 Å². The van der Waals surface area contributed by atoms with Crippen LogP contribution in [0.2, 0.25) is 0 Å². The van der Waals surface area contributed by atoms with Crippen LogP contribution in [0.15, 0.2) is 60.7 Å². The topological polar surface area (TPSA) is 124 Å². The van der Waals surface area contributed by atoms with E-state index >= 15 is 0 Å². The van der Waals surface area contributed by atoms with E-state index in [9.17, 15) is 19.2 Å². The highest BCUT2D eigenvalue weighted by Crippen LogP contribution is 2.23. The molecule has 0 unspecified atom stereocenters. The van der Waals surface area contributed by atoms with Crippen LogP contribution in [0.1, 0.15) is 37.2 Å². The third-order valence-electron chi connectivity index (χ3n) is 4.90. The molecule has 0 aliphatic rings. The standard InChI is InChI=1S/C26H30O10/c1-5-33-23(27)21(35-25(29)19(31-3)17-13-9-7-10-14-17)22(24(28)34-6-2)36-26(30)20(32-4)18-15-11-8-12-16-18/h7-16,19-22H,5-6H2,1-4H3/t19-,20-,21+,22+/m0/s1. The number of methoxy groups -OCH3 is 2. The number of benzene rings is 2. The summed E-state index contributed by atoms with van der Waals surface area (Å²) in [4.78, 5) is 51.6. The monoisotopic (exact) mass is 502 g/mol. The average molecular weight is 503 g/mol. The molecule has 2 rings (SSSR count). The van der Waals surface area contributed by atoms with Crippen LogP contribution in [-0.4, -0.2) is 63.5 Å². The molecular weight excluding hydrogens is 472 g/mol. The van der Waals surface area contributed by atoms with Gasteiger partial charge in [0.15, 0.2) is 12.2 Å². The highest BCUT2D eigenvalue weighted by Gasteiger charge is 2.44. The number of hydrogen-bond donors (Lipinski definition) is 0. The molecule has 2 aromatic rings. The Kier molecular flexibility index (Phi) is 11.5. The third kappa shape index (κ3) is 7.62. The lowest BCUT2D eigenvalue weighted by Gasteiger charge is -2.26. The number of ether oxygens (including phenoxy) is 6. The largest absolute Gasteiger partial charge is 0.463 e. The van der Waals surface area contributed by atoms with Crippen molar-refractivity contribution in [3.05, 3.63) is 71.8 Å². The fourth-order valence-corrected chi connectivity index (χ4v) is 3.28. The van der Waals surface area contributed by atoms with E-state index in [-0.39, 0.29) is 13.2 Å². The lowest BCUT2D eigenvalue weighted by atomic mass is 10.1. The average Bonchev–Trinajstić information content (AvgIpc) is 2.88. The number of rotatable bonds is 13. The molecule has 0 heterocycles. The summed E-state index contributed by atoms with van der Waals surface area (Å²) in [7, 11) is 2.56. The van der Waals surface area contributed by atoms with Gasteiger partial charge in [0.2, 0.25) is 12.2 Å². The van der Waals surface area contributed by atoms with Crippen LogP contribution in [0.4, 0.5) is 0 Å².